The normalized spacial score (nSPS) is 18.2. The highest BCUT2D eigenvalue weighted by molar-refractivity contribution is 5.93. The summed E-state index contributed by atoms with van der Waals surface area (Å²) >= 11 is 0. The summed E-state index contributed by atoms with van der Waals surface area (Å²) in [5.74, 6) is -0.00458. The van der Waals surface area contributed by atoms with Crippen LogP contribution in [0.4, 0.5) is 0 Å². The lowest BCUT2D eigenvalue weighted by atomic mass is 9.97. The molecule has 0 unspecified atom stereocenters. The highest BCUT2D eigenvalue weighted by Crippen LogP contribution is 2.32. The monoisotopic (exact) mass is 323 g/mol. The van der Waals surface area contributed by atoms with Crippen LogP contribution in [0.25, 0.3) is 5.65 Å². The molecule has 3 aromatic heterocycles. The van der Waals surface area contributed by atoms with Gasteiger partial charge in [-0.1, -0.05) is 6.07 Å². The highest BCUT2D eigenvalue weighted by atomic mass is 16.2. The zero-order chi connectivity index (χ0) is 16.7. The number of carbonyl (C=O) groups is 1. The van der Waals surface area contributed by atoms with Crippen molar-refractivity contribution in [1.29, 1.82) is 0 Å². The third kappa shape index (κ3) is 2.48. The Hall–Kier alpha value is -2.63. The van der Waals surface area contributed by atoms with Crippen molar-refractivity contribution in [1.82, 2.24) is 24.5 Å². The number of H-pyrrole nitrogens is 1. The summed E-state index contributed by atoms with van der Waals surface area (Å²) in [6.45, 7) is 4.82. The number of aromatic nitrogens is 4. The van der Waals surface area contributed by atoms with Crippen LogP contribution in [-0.2, 0) is 0 Å². The van der Waals surface area contributed by atoms with E-state index in [0.29, 0.717) is 5.69 Å². The van der Waals surface area contributed by atoms with Crippen molar-refractivity contribution in [3.63, 3.8) is 0 Å². The number of likely N-dealkylation sites (tertiary alicyclic amines) is 1. The standard InChI is InChI=1S/C18H21N5O/c1-12-6-7-16-20-14(11-22(16)10-12)18(24)23-8-4-3-5-15(23)17-13(2)9-19-21-17/h6-7,9-11,15H,3-5,8H2,1-2H3,(H,19,21)/t15-/m0/s1. The number of nitrogens with zero attached hydrogens (tertiary/aromatic N) is 4. The van der Waals surface area contributed by atoms with Gasteiger partial charge in [0.1, 0.15) is 11.3 Å². The van der Waals surface area contributed by atoms with Gasteiger partial charge >= 0.3 is 0 Å². The summed E-state index contributed by atoms with van der Waals surface area (Å²) < 4.78 is 1.92. The third-order valence-electron chi connectivity index (χ3n) is 4.78. The van der Waals surface area contributed by atoms with E-state index in [2.05, 4.69) is 15.2 Å². The van der Waals surface area contributed by atoms with E-state index in [9.17, 15) is 4.79 Å². The number of aryl methyl sites for hydroxylation is 2. The number of hydrogen-bond acceptors (Lipinski definition) is 3. The molecule has 1 aliphatic rings. The fourth-order valence-electron chi connectivity index (χ4n) is 3.52. The number of rotatable bonds is 2. The number of piperidine rings is 1. The van der Waals surface area contributed by atoms with Gasteiger partial charge in [0, 0.05) is 18.9 Å². The molecule has 3 aromatic rings. The molecule has 1 fully saturated rings. The molecule has 0 spiro atoms. The fraction of sp³-hybridized carbons (Fsp3) is 0.389. The van der Waals surface area contributed by atoms with Gasteiger partial charge in [-0.15, -0.1) is 0 Å². The minimum Gasteiger partial charge on any atom is -0.329 e. The van der Waals surface area contributed by atoms with Gasteiger partial charge in [0.2, 0.25) is 0 Å². The molecule has 1 aliphatic heterocycles. The summed E-state index contributed by atoms with van der Waals surface area (Å²) in [6, 6.07) is 4.01. The molecule has 0 radical (unpaired) electrons. The zero-order valence-electron chi connectivity index (χ0n) is 14.0. The highest BCUT2D eigenvalue weighted by Gasteiger charge is 2.31. The number of hydrogen-bond donors (Lipinski definition) is 1. The van der Waals surface area contributed by atoms with Gasteiger partial charge in [0.25, 0.3) is 5.91 Å². The number of aromatic amines is 1. The molecule has 1 N–H and O–H groups in total. The Bertz CT molecular complexity index is 894. The van der Waals surface area contributed by atoms with Crippen LogP contribution in [0.3, 0.4) is 0 Å². The second-order valence-corrected chi connectivity index (χ2v) is 6.57. The van der Waals surface area contributed by atoms with Crippen molar-refractivity contribution in [2.24, 2.45) is 0 Å². The molecule has 0 bridgehead atoms. The Morgan fingerprint density at radius 3 is 2.92 bits per heavy atom. The maximum absolute atomic E-state index is 13.1. The second-order valence-electron chi connectivity index (χ2n) is 6.57. The van der Waals surface area contributed by atoms with E-state index in [1.807, 2.05) is 53.9 Å². The maximum atomic E-state index is 13.1. The molecular weight excluding hydrogens is 302 g/mol. The Morgan fingerprint density at radius 2 is 2.12 bits per heavy atom. The summed E-state index contributed by atoms with van der Waals surface area (Å²) in [5.41, 5.74) is 4.59. The van der Waals surface area contributed by atoms with E-state index >= 15 is 0 Å². The van der Waals surface area contributed by atoms with Crippen molar-refractivity contribution in [2.45, 2.75) is 39.2 Å². The first-order valence-corrected chi connectivity index (χ1v) is 8.39. The molecule has 6 nitrogen and oxygen atoms in total. The minimum absolute atomic E-state index is 0.00458. The van der Waals surface area contributed by atoms with Gasteiger partial charge in [0.15, 0.2) is 0 Å². The maximum Gasteiger partial charge on any atom is 0.274 e. The summed E-state index contributed by atoms with van der Waals surface area (Å²) in [6.07, 6.45) is 8.75. The molecule has 1 amide bonds. The minimum atomic E-state index is -0.00458. The second kappa shape index (κ2) is 5.78. The number of carbonyl (C=O) groups excluding carboxylic acids is 1. The topological polar surface area (TPSA) is 66.3 Å². The van der Waals surface area contributed by atoms with Crippen molar-refractivity contribution in [2.75, 3.05) is 6.54 Å². The van der Waals surface area contributed by atoms with Gasteiger partial charge in [-0.05, 0) is 50.3 Å². The molecule has 1 atom stereocenters. The summed E-state index contributed by atoms with van der Waals surface area (Å²) in [5, 5.41) is 7.20. The third-order valence-corrected chi connectivity index (χ3v) is 4.78. The molecule has 24 heavy (non-hydrogen) atoms. The lowest BCUT2D eigenvalue weighted by Gasteiger charge is -2.35. The predicted octanol–water partition coefficient (Wildman–Crippen LogP) is 3.04. The first-order valence-electron chi connectivity index (χ1n) is 8.39. The van der Waals surface area contributed by atoms with Gasteiger partial charge < -0.3 is 9.30 Å². The average Bonchev–Trinajstić information content (AvgIpc) is 3.19. The number of imidazole rings is 1. The van der Waals surface area contributed by atoms with Crippen LogP contribution < -0.4 is 0 Å². The van der Waals surface area contributed by atoms with E-state index in [1.54, 1.807) is 0 Å². The average molecular weight is 323 g/mol. The zero-order valence-corrected chi connectivity index (χ0v) is 14.0. The van der Waals surface area contributed by atoms with E-state index in [0.717, 1.165) is 48.3 Å². The van der Waals surface area contributed by atoms with Crippen molar-refractivity contribution in [3.8, 4) is 0 Å². The van der Waals surface area contributed by atoms with Crippen molar-refractivity contribution < 1.29 is 4.79 Å². The van der Waals surface area contributed by atoms with Crippen LogP contribution in [0.1, 0.15) is 52.6 Å². The van der Waals surface area contributed by atoms with Crippen LogP contribution in [0.2, 0.25) is 0 Å². The number of fused-ring (bicyclic) bond motifs is 1. The Kier molecular flexibility index (Phi) is 3.59. The van der Waals surface area contributed by atoms with E-state index < -0.39 is 0 Å². The van der Waals surface area contributed by atoms with E-state index in [-0.39, 0.29) is 11.9 Å². The lowest BCUT2D eigenvalue weighted by molar-refractivity contribution is 0.0600. The predicted molar refractivity (Wildman–Crippen MR) is 90.9 cm³/mol. The van der Waals surface area contributed by atoms with Crippen molar-refractivity contribution in [3.05, 3.63) is 53.2 Å². The van der Waals surface area contributed by atoms with E-state index in [4.69, 9.17) is 0 Å². The molecule has 0 aromatic carbocycles. The molecule has 0 aliphatic carbocycles. The molecule has 0 saturated carbocycles. The molecule has 6 heteroatoms. The quantitative estimate of drug-likeness (QED) is 0.788. The van der Waals surface area contributed by atoms with Gasteiger partial charge in [-0.25, -0.2) is 4.98 Å². The molecule has 124 valence electrons. The first-order chi connectivity index (χ1) is 11.6. The molecular formula is C18H21N5O. The van der Waals surface area contributed by atoms with Crippen LogP contribution in [0, 0.1) is 13.8 Å². The van der Waals surface area contributed by atoms with E-state index in [1.165, 1.54) is 0 Å². The first kappa shape index (κ1) is 14.9. The molecule has 4 heterocycles. The summed E-state index contributed by atoms with van der Waals surface area (Å²) in [7, 11) is 0. The Labute approximate surface area is 140 Å². The van der Waals surface area contributed by atoms with Crippen LogP contribution in [0.5, 0.6) is 0 Å². The molecule has 1 saturated heterocycles. The number of nitrogens with one attached hydrogen (secondary N) is 1. The fourth-order valence-corrected chi connectivity index (χ4v) is 3.52. The Morgan fingerprint density at radius 1 is 1.25 bits per heavy atom. The van der Waals surface area contributed by atoms with Crippen LogP contribution in [-0.4, -0.2) is 36.9 Å². The molecule has 4 rings (SSSR count). The largest absolute Gasteiger partial charge is 0.329 e. The van der Waals surface area contributed by atoms with Crippen LogP contribution in [0.15, 0.2) is 30.7 Å². The lowest BCUT2D eigenvalue weighted by Crippen LogP contribution is -2.39. The van der Waals surface area contributed by atoms with Gasteiger partial charge in [-0.2, -0.15) is 5.10 Å². The smallest absolute Gasteiger partial charge is 0.274 e. The van der Waals surface area contributed by atoms with Crippen LogP contribution >= 0.6 is 0 Å². The number of amides is 1. The van der Waals surface area contributed by atoms with Crippen molar-refractivity contribution >= 4 is 11.6 Å². The Balaban J connectivity index is 1.69. The van der Waals surface area contributed by atoms with Gasteiger partial charge in [0.05, 0.1) is 17.9 Å². The summed E-state index contributed by atoms with van der Waals surface area (Å²) in [4.78, 5) is 19.5. The number of pyridine rings is 1. The van der Waals surface area contributed by atoms with Gasteiger partial charge in [-0.3, -0.25) is 9.89 Å². The SMILES string of the molecule is Cc1ccc2nc(C(=O)N3CCCC[C@H]3c3[nH]ncc3C)cn2c1.